The SMILES string of the molecule is CC(=O)Nc1ccc(C(=O)N/N=C\c2c(C)n(Cc3ccc(F)cc3)c3ccccc23)cc1. The molecule has 0 aliphatic carbocycles. The lowest BCUT2D eigenvalue weighted by atomic mass is 10.1. The van der Waals surface area contributed by atoms with Crippen LogP contribution in [0, 0.1) is 12.7 Å². The summed E-state index contributed by atoms with van der Waals surface area (Å²) in [6.07, 6.45) is 1.64. The Bertz CT molecular complexity index is 1340. The number of aromatic nitrogens is 1. The summed E-state index contributed by atoms with van der Waals surface area (Å²) in [6.45, 7) is 4.01. The van der Waals surface area contributed by atoms with E-state index in [1.165, 1.54) is 19.1 Å². The van der Waals surface area contributed by atoms with Crippen molar-refractivity contribution in [1.82, 2.24) is 9.99 Å². The largest absolute Gasteiger partial charge is 0.340 e. The Morgan fingerprint density at radius 1 is 1.00 bits per heavy atom. The molecule has 1 aromatic heterocycles. The molecule has 1 heterocycles. The number of benzene rings is 3. The first-order valence-electron chi connectivity index (χ1n) is 10.5. The number of hydrogen-bond acceptors (Lipinski definition) is 3. The minimum atomic E-state index is -0.353. The predicted molar refractivity (Wildman–Crippen MR) is 128 cm³/mol. The van der Waals surface area contributed by atoms with Gasteiger partial charge in [0.25, 0.3) is 5.91 Å². The van der Waals surface area contributed by atoms with Gasteiger partial charge in [-0.1, -0.05) is 30.3 Å². The van der Waals surface area contributed by atoms with Crippen LogP contribution in [0.5, 0.6) is 0 Å². The van der Waals surface area contributed by atoms with Gasteiger partial charge in [0.05, 0.1) is 6.21 Å². The number of hydrogen-bond donors (Lipinski definition) is 2. The molecule has 0 atom stereocenters. The summed E-state index contributed by atoms with van der Waals surface area (Å²) in [4.78, 5) is 23.6. The second-order valence-corrected chi connectivity index (χ2v) is 7.69. The van der Waals surface area contributed by atoms with Gasteiger partial charge in [-0.05, 0) is 55.0 Å². The molecule has 4 aromatic rings. The number of nitrogens with zero attached hydrogens (tertiary/aromatic N) is 2. The van der Waals surface area contributed by atoms with Crippen LogP contribution in [0.3, 0.4) is 0 Å². The lowest BCUT2D eigenvalue weighted by Gasteiger charge is -2.08. The van der Waals surface area contributed by atoms with Crippen molar-refractivity contribution in [3.05, 3.63) is 101 Å². The van der Waals surface area contributed by atoms with Gasteiger partial charge in [0.15, 0.2) is 0 Å². The summed E-state index contributed by atoms with van der Waals surface area (Å²) in [5.74, 6) is -0.791. The highest BCUT2D eigenvalue weighted by Crippen LogP contribution is 2.25. The van der Waals surface area contributed by atoms with E-state index in [9.17, 15) is 14.0 Å². The van der Waals surface area contributed by atoms with Gasteiger partial charge in [-0.2, -0.15) is 5.10 Å². The third-order valence-electron chi connectivity index (χ3n) is 5.36. The highest BCUT2D eigenvalue weighted by molar-refractivity contribution is 6.02. The first-order chi connectivity index (χ1) is 15.9. The molecule has 0 aliphatic rings. The van der Waals surface area contributed by atoms with Crippen molar-refractivity contribution < 1.29 is 14.0 Å². The van der Waals surface area contributed by atoms with Crippen LogP contribution in [0.2, 0.25) is 0 Å². The summed E-state index contributed by atoms with van der Waals surface area (Å²) in [7, 11) is 0. The molecule has 3 aromatic carbocycles. The van der Waals surface area contributed by atoms with Gasteiger partial charge in [0.1, 0.15) is 5.82 Å². The number of carbonyl (C=O) groups excluding carboxylic acids is 2. The fraction of sp³-hybridized carbons (Fsp3) is 0.115. The van der Waals surface area contributed by atoms with E-state index >= 15 is 0 Å². The van der Waals surface area contributed by atoms with Crippen LogP contribution in [0.4, 0.5) is 10.1 Å². The smallest absolute Gasteiger partial charge is 0.271 e. The molecule has 7 heteroatoms. The minimum Gasteiger partial charge on any atom is -0.340 e. The van der Waals surface area contributed by atoms with E-state index in [-0.39, 0.29) is 17.6 Å². The van der Waals surface area contributed by atoms with E-state index in [1.54, 1.807) is 42.6 Å². The van der Waals surface area contributed by atoms with Gasteiger partial charge in [-0.3, -0.25) is 9.59 Å². The van der Waals surface area contributed by atoms with Crippen molar-refractivity contribution in [1.29, 1.82) is 0 Å². The molecular formula is C26H23FN4O2. The maximum atomic E-state index is 13.3. The molecule has 33 heavy (non-hydrogen) atoms. The van der Waals surface area contributed by atoms with Gasteiger partial charge in [-0.25, -0.2) is 9.82 Å². The van der Waals surface area contributed by atoms with E-state index in [1.807, 2.05) is 31.2 Å². The lowest BCUT2D eigenvalue weighted by Crippen LogP contribution is -2.17. The summed E-state index contributed by atoms with van der Waals surface area (Å²) in [5.41, 5.74) is 7.50. The fourth-order valence-electron chi connectivity index (χ4n) is 3.73. The second-order valence-electron chi connectivity index (χ2n) is 7.69. The second kappa shape index (κ2) is 9.48. The molecule has 0 spiro atoms. The number of nitrogens with one attached hydrogen (secondary N) is 2. The normalized spacial score (nSPS) is 11.1. The van der Waals surface area contributed by atoms with Crippen molar-refractivity contribution in [2.75, 3.05) is 5.32 Å². The van der Waals surface area contributed by atoms with E-state index in [4.69, 9.17) is 0 Å². The van der Waals surface area contributed by atoms with Gasteiger partial charge >= 0.3 is 0 Å². The molecule has 0 saturated heterocycles. The molecule has 0 aliphatic heterocycles. The third-order valence-corrected chi connectivity index (χ3v) is 5.36. The Morgan fingerprint density at radius 2 is 1.70 bits per heavy atom. The van der Waals surface area contributed by atoms with Crippen molar-refractivity contribution in [2.24, 2.45) is 5.10 Å². The van der Waals surface area contributed by atoms with E-state index in [2.05, 4.69) is 20.4 Å². The van der Waals surface area contributed by atoms with E-state index in [0.29, 0.717) is 17.8 Å². The Morgan fingerprint density at radius 3 is 2.39 bits per heavy atom. The maximum Gasteiger partial charge on any atom is 0.271 e. The molecule has 0 bridgehead atoms. The average molecular weight is 442 g/mol. The van der Waals surface area contributed by atoms with Crippen LogP contribution in [0.25, 0.3) is 10.9 Å². The number of amides is 2. The molecular weight excluding hydrogens is 419 g/mol. The topological polar surface area (TPSA) is 75.5 Å². The van der Waals surface area contributed by atoms with Crippen LogP contribution in [-0.2, 0) is 11.3 Å². The van der Waals surface area contributed by atoms with E-state index < -0.39 is 0 Å². The highest BCUT2D eigenvalue weighted by Gasteiger charge is 2.13. The number of fused-ring (bicyclic) bond motifs is 1. The monoisotopic (exact) mass is 442 g/mol. The predicted octanol–water partition coefficient (Wildman–Crippen LogP) is 4.86. The lowest BCUT2D eigenvalue weighted by molar-refractivity contribution is -0.114. The number of rotatable bonds is 6. The van der Waals surface area contributed by atoms with Crippen LogP contribution in [0.1, 0.15) is 34.1 Å². The third kappa shape index (κ3) is 4.98. The quantitative estimate of drug-likeness (QED) is 0.331. The zero-order chi connectivity index (χ0) is 23.4. The summed E-state index contributed by atoms with van der Waals surface area (Å²) in [5, 5.41) is 7.84. The van der Waals surface area contributed by atoms with Crippen LogP contribution >= 0.6 is 0 Å². The number of anilines is 1. The standard InChI is InChI=1S/C26H23FN4O2/c1-17-24(15-28-30-26(33)20-9-13-22(14-10-20)29-18(2)32)23-5-3-4-6-25(23)31(17)16-19-7-11-21(27)12-8-19/h3-15H,16H2,1-2H3,(H,29,32)(H,30,33)/b28-15-. The van der Waals surface area contributed by atoms with Gasteiger partial charge in [-0.15, -0.1) is 0 Å². The zero-order valence-electron chi connectivity index (χ0n) is 18.3. The Hall–Kier alpha value is -4.26. The number of carbonyl (C=O) groups is 2. The zero-order valence-corrected chi connectivity index (χ0v) is 18.3. The van der Waals surface area contributed by atoms with Crippen LogP contribution in [-0.4, -0.2) is 22.6 Å². The molecule has 2 N–H and O–H groups in total. The first-order valence-corrected chi connectivity index (χ1v) is 10.5. The van der Waals surface area contributed by atoms with Gasteiger partial charge in [0.2, 0.25) is 5.91 Å². The summed E-state index contributed by atoms with van der Waals surface area (Å²) < 4.78 is 15.4. The fourth-order valence-corrected chi connectivity index (χ4v) is 3.73. The van der Waals surface area contributed by atoms with Crippen molar-refractivity contribution in [2.45, 2.75) is 20.4 Å². The molecule has 166 valence electrons. The molecule has 6 nitrogen and oxygen atoms in total. The number of hydrazone groups is 1. The highest BCUT2D eigenvalue weighted by atomic mass is 19.1. The van der Waals surface area contributed by atoms with Crippen molar-refractivity contribution in [3.63, 3.8) is 0 Å². The first kappa shape index (κ1) is 22.0. The van der Waals surface area contributed by atoms with E-state index in [0.717, 1.165) is 27.7 Å². The number of para-hydroxylation sites is 1. The van der Waals surface area contributed by atoms with Crippen molar-refractivity contribution >= 4 is 34.6 Å². The minimum absolute atomic E-state index is 0.175. The van der Waals surface area contributed by atoms with Crippen LogP contribution < -0.4 is 10.7 Å². The van der Waals surface area contributed by atoms with Crippen LogP contribution in [0.15, 0.2) is 77.9 Å². The number of halogens is 1. The van der Waals surface area contributed by atoms with Gasteiger partial charge < -0.3 is 9.88 Å². The van der Waals surface area contributed by atoms with Crippen molar-refractivity contribution in [3.8, 4) is 0 Å². The Labute approximate surface area is 190 Å². The molecule has 0 fully saturated rings. The Kier molecular flexibility index (Phi) is 6.31. The summed E-state index contributed by atoms with van der Waals surface area (Å²) in [6, 6.07) is 21.0. The molecule has 0 saturated carbocycles. The summed E-state index contributed by atoms with van der Waals surface area (Å²) >= 11 is 0. The average Bonchev–Trinajstić information content (AvgIpc) is 3.06. The Balaban J connectivity index is 1.54. The molecule has 4 rings (SSSR count). The molecule has 0 radical (unpaired) electrons. The molecule has 0 unspecified atom stereocenters. The maximum absolute atomic E-state index is 13.3. The van der Waals surface area contributed by atoms with Gasteiger partial charge in [0, 0.05) is 46.9 Å². The molecule has 2 amide bonds.